The van der Waals surface area contributed by atoms with Gasteiger partial charge < -0.3 is 29.4 Å². The van der Waals surface area contributed by atoms with E-state index >= 15 is 0 Å². The Labute approximate surface area is 257 Å². The average molecular weight is 599 g/mol. The number of anilines is 1. The summed E-state index contributed by atoms with van der Waals surface area (Å²) in [5.41, 5.74) is 3.52. The Kier molecular flexibility index (Phi) is 11.7. The fourth-order valence-electron chi connectivity index (χ4n) is 4.53. The van der Waals surface area contributed by atoms with E-state index in [9.17, 15) is 19.5 Å². The van der Waals surface area contributed by atoms with Crippen LogP contribution in [0.25, 0.3) is 0 Å². The number of nitrogens with zero attached hydrogens (tertiary/aromatic N) is 3. The number of amides is 3. The van der Waals surface area contributed by atoms with Gasteiger partial charge in [0, 0.05) is 25.3 Å². The molecular formula is C34H38N4O6. The summed E-state index contributed by atoms with van der Waals surface area (Å²) in [5, 5.41) is 13.7. The number of oxazole rings is 1. The Balaban J connectivity index is 1.46. The second-order valence-electron chi connectivity index (χ2n) is 10.5. The van der Waals surface area contributed by atoms with Crippen LogP contribution in [0, 0.1) is 6.92 Å². The summed E-state index contributed by atoms with van der Waals surface area (Å²) in [6, 6.07) is 26.2. The molecular weight excluding hydrogens is 560 g/mol. The van der Waals surface area contributed by atoms with E-state index in [4.69, 9.17) is 9.15 Å². The topological polar surface area (TPSA) is 125 Å². The van der Waals surface area contributed by atoms with Crippen molar-refractivity contribution in [3.8, 4) is 0 Å². The van der Waals surface area contributed by atoms with Crippen molar-refractivity contribution < 1.29 is 28.6 Å². The number of nitrogens with one attached hydrogen (secondary N) is 1. The third-order valence-corrected chi connectivity index (χ3v) is 6.91. The van der Waals surface area contributed by atoms with Gasteiger partial charge in [0.2, 0.25) is 5.89 Å². The number of hydrogen-bond donors (Lipinski definition) is 2. The molecule has 10 nitrogen and oxygen atoms in total. The summed E-state index contributed by atoms with van der Waals surface area (Å²) in [5.74, 6) is -0.651. The van der Waals surface area contributed by atoms with Crippen LogP contribution in [0.15, 0.2) is 95.6 Å². The maximum Gasteiger partial charge on any atom is 0.419 e. The molecule has 1 heterocycles. The number of ether oxygens (including phenoxy) is 1. The van der Waals surface area contributed by atoms with E-state index in [1.807, 2.05) is 74.5 Å². The van der Waals surface area contributed by atoms with E-state index in [1.165, 1.54) is 9.80 Å². The van der Waals surface area contributed by atoms with Crippen LogP contribution < -0.4 is 5.32 Å². The first-order valence-electron chi connectivity index (χ1n) is 14.7. The number of rotatable bonds is 13. The third-order valence-electron chi connectivity index (χ3n) is 6.91. The van der Waals surface area contributed by atoms with E-state index in [0.717, 1.165) is 35.8 Å². The van der Waals surface area contributed by atoms with Gasteiger partial charge in [0.1, 0.15) is 12.4 Å². The van der Waals surface area contributed by atoms with Crippen molar-refractivity contribution in [1.82, 2.24) is 14.8 Å². The number of aromatic nitrogens is 1. The van der Waals surface area contributed by atoms with Gasteiger partial charge in [-0.3, -0.25) is 4.79 Å². The Morgan fingerprint density at radius 1 is 0.909 bits per heavy atom. The number of benzene rings is 3. The van der Waals surface area contributed by atoms with Gasteiger partial charge in [-0.1, -0.05) is 91.7 Å². The Morgan fingerprint density at radius 2 is 1.59 bits per heavy atom. The number of carbonyl (C=O) groups excluding carboxylic acids is 3. The maximum atomic E-state index is 13.4. The molecule has 3 aromatic carbocycles. The Morgan fingerprint density at radius 3 is 2.30 bits per heavy atom. The van der Waals surface area contributed by atoms with E-state index in [1.54, 1.807) is 24.3 Å². The number of aryl methyl sites for hydroxylation is 1. The zero-order valence-corrected chi connectivity index (χ0v) is 25.0. The number of unbranched alkanes of at least 4 members (excludes halogenated alkanes) is 1. The number of carbonyl (C=O) groups is 3. The molecule has 4 rings (SSSR count). The molecule has 0 radical (unpaired) electrons. The van der Waals surface area contributed by atoms with Crippen molar-refractivity contribution in [2.45, 2.75) is 45.8 Å². The van der Waals surface area contributed by atoms with Gasteiger partial charge in [-0.25, -0.2) is 14.6 Å². The molecule has 0 bridgehead atoms. The molecule has 10 heteroatoms. The van der Waals surface area contributed by atoms with E-state index in [-0.39, 0.29) is 24.7 Å². The van der Waals surface area contributed by atoms with Crippen LogP contribution in [-0.2, 0) is 17.7 Å². The van der Waals surface area contributed by atoms with Gasteiger partial charge in [0.25, 0.3) is 5.91 Å². The lowest BCUT2D eigenvalue weighted by atomic mass is 10.1. The number of aliphatic hydroxyl groups is 1. The largest absolute Gasteiger partial charge is 0.445 e. The molecule has 1 unspecified atom stereocenters. The first-order valence-corrected chi connectivity index (χ1v) is 14.7. The van der Waals surface area contributed by atoms with Gasteiger partial charge in [0.05, 0.1) is 6.54 Å². The molecule has 3 amide bonds. The first kappa shape index (κ1) is 32.0. The summed E-state index contributed by atoms with van der Waals surface area (Å²) in [7, 11) is 0. The summed E-state index contributed by atoms with van der Waals surface area (Å²) in [4.78, 5) is 46.1. The fraction of sp³-hybridized carbons (Fsp3) is 0.294. The summed E-state index contributed by atoms with van der Waals surface area (Å²) >= 11 is 0. The minimum Gasteiger partial charge on any atom is -0.445 e. The summed E-state index contributed by atoms with van der Waals surface area (Å²) in [6.45, 7) is 4.60. The van der Waals surface area contributed by atoms with Crippen molar-refractivity contribution in [3.63, 3.8) is 0 Å². The predicted molar refractivity (Wildman–Crippen MR) is 166 cm³/mol. The fourth-order valence-corrected chi connectivity index (χ4v) is 4.53. The van der Waals surface area contributed by atoms with Crippen LogP contribution in [0.2, 0.25) is 0 Å². The van der Waals surface area contributed by atoms with Gasteiger partial charge in [-0.05, 0) is 43.0 Å². The standard InChI is InChI=1S/C34H38N4O6/c1-3-4-19-37(22-27-13-7-5-8-14-27)33(41)44-34(42)38(20-18-26-15-11-12-25(2)21-26)23-30(39)32-36-29(24-43-32)31(40)35-28-16-9-6-10-17-28/h5-17,21,24,30,39H,3-4,18-20,22-23H2,1-2H3,(H,35,40). The molecule has 0 fully saturated rings. The summed E-state index contributed by atoms with van der Waals surface area (Å²) < 4.78 is 10.7. The minimum atomic E-state index is -1.38. The highest BCUT2D eigenvalue weighted by Crippen LogP contribution is 2.18. The van der Waals surface area contributed by atoms with Crippen LogP contribution in [0.5, 0.6) is 0 Å². The second-order valence-corrected chi connectivity index (χ2v) is 10.5. The molecule has 0 aliphatic carbocycles. The Bertz CT molecular complexity index is 1510. The highest BCUT2D eigenvalue weighted by molar-refractivity contribution is 6.02. The smallest absolute Gasteiger partial charge is 0.419 e. The van der Waals surface area contributed by atoms with E-state index in [0.29, 0.717) is 25.2 Å². The molecule has 0 aliphatic rings. The molecule has 1 atom stereocenters. The lowest BCUT2D eigenvalue weighted by Crippen LogP contribution is -2.41. The van der Waals surface area contributed by atoms with Crippen LogP contribution >= 0.6 is 0 Å². The summed E-state index contributed by atoms with van der Waals surface area (Å²) in [6.07, 6.45) is 0.166. The van der Waals surface area contributed by atoms with Crippen LogP contribution in [0.4, 0.5) is 15.3 Å². The predicted octanol–water partition coefficient (Wildman–Crippen LogP) is 6.37. The second kappa shape index (κ2) is 16.0. The van der Waals surface area contributed by atoms with Crippen molar-refractivity contribution in [3.05, 3.63) is 119 Å². The molecule has 0 spiro atoms. The SMILES string of the molecule is CCCCN(Cc1ccccc1)C(=O)OC(=O)N(CCc1cccc(C)c1)CC(O)c1nc(C(=O)Nc2ccccc2)co1. The van der Waals surface area contributed by atoms with Crippen molar-refractivity contribution in [2.24, 2.45) is 0 Å². The lowest BCUT2D eigenvalue weighted by Gasteiger charge is -2.26. The van der Waals surface area contributed by atoms with Crippen LogP contribution in [0.1, 0.15) is 58.9 Å². The number of hydrogen-bond acceptors (Lipinski definition) is 7. The Hall–Kier alpha value is -4.96. The maximum absolute atomic E-state index is 13.4. The first-order chi connectivity index (χ1) is 21.3. The molecule has 4 aromatic rings. The molecule has 230 valence electrons. The average Bonchev–Trinajstić information content (AvgIpc) is 3.53. The zero-order chi connectivity index (χ0) is 31.3. The molecule has 44 heavy (non-hydrogen) atoms. The lowest BCUT2D eigenvalue weighted by molar-refractivity contribution is 0.0645. The molecule has 2 N–H and O–H groups in total. The highest BCUT2D eigenvalue weighted by atomic mass is 16.6. The number of aliphatic hydroxyl groups excluding tert-OH is 1. The molecule has 0 aliphatic heterocycles. The van der Waals surface area contributed by atoms with E-state index < -0.39 is 24.2 Å². The van der Waals surface area contributed by atoms with Gasteiger partial charge >= 0.3 is 12.2 Å². The van der Waals surface area contributed by atoms with E-state index in [2.05, 4.69) is 10.3 Å². The van der Waals surface area contributed by atoms with Crippen LogP contribution in [-0.4, -0.2) is 57.6 Å². The highest BCUT2D eigenvalue weighted by Gasteiger charge is 2.27. The monoisotopic (exact) mass is 598 g/mol. The quantitative estimate of drug-likeness (QED) is 0.171. The normalized spacial score (nSPS) is 11.4. The molecule has 0 saturated heterocycles. The van der Waals surface area contributed by atoms with Gasteiger partial charge in [0.15, 0.2) is 5.69 Å². The van der Waals surface area contributed by atoms with Gasteiger partial charge in [-0.15, -0.1) is 0 Å². The number of para-hydroxylation sites is 1. The minimum absolute atomic E-state index is 0.0283. The zero-order valence-electron chi connectivity index (χ0n) is 25.0. The third kappa shape index (κ3) is 9.53. The van der Waals surface area contributed by atoms with Crippen molar-refractivity contribution in [1.29, 1.82) is 0 Å². The van der Waals surface area contributed by atoms with Crippen molar-refractivity contribution in [2.75, 3.05) is 25.0 Å². The molecule has 0 saturated carbocycles. The van der Waals surface area contributed by atoms with Crippen LogP contribution in [0.3, 0.4) is 0 Å². The molecule has 1 aromatic heterocycles. The van der Waals surface area contributed by atoms with Gasteiger partial charge in [-0.2, -0.15) is 0 Å². The van der Waals surface area contributed by atoms with Crippen molar-refractivity contribution >= 4 is 23.8 Å².